The van der Waals surface area contributed by atoms with Gasteiger partial charge in [-0.2, -0.15) is 13.2 Å². The van der Waals surface area contributed by atoms with Crippen molar-refractivity contribution in [3.63, 3.8) is 0 Å². The third-order valence-electron chi connectivity index (χ3n) is 10.0. The van der Waals surface area contributed by atoms with E-state index >= 15 is 0 Å². The predicted molar refractivity (Wildman–Crippen MR) is 206 cm³/mol. The third-order valence-corrected chi connectivity index (χ3v) is 10.0. The van der Waals surface area contributed by atoms with Gasteiger partial charge in [-0.1, -0.05) is 18.2 Å². The smallest absolute Gasteiger partial charge is 0.383 e. The molecule has 3 aromatic carbocycles. The fourth-order valence-electron chi connectivity index (χ4n) is 7.03. The number of carbonyl (C=O) groups is 4. The van der Waals surface area contributed by atoms with Gasteiger partial charge in [0.2, 0.25) is 5.91 Å². The highest BCUT2D eigenvalue weighted by Crippen LogP contribution is 2.34. The van der Waals surface area contributed by atoms with E-state index in [1.165, 1.54) is 30.5 Å². The lowest BCUT2D eigenvalue weighted by atomic mass is 9.96. The number of nitrogens with zero attached hydrogens (tertiary/aromatic N) is 3. The summed E-state index contributed by atoms with van der Waals surface area (Å²) in [5.74, 6) is -1.69. The first-order valence-corrected chi connectivity index (χ1v) is 18.8. The largest absolute Gasteiger partial charge is 0.416 e. The highest BCUT2D eigenvalue weighted by atomic mass is 19.4. The molecule has 0 radical (unpaired) electrons. The van der Waals surface area contributed by atoms with Crippen molar-refractivity contribution in [2.24, 2.45) is 5.92 Å². The van der Waals surface area contributed by atoms with E-state index in [1.807, 2.05) is 12.1 Å². The molecule has 0 aliphatic carbocycles. The summed E-state index contributed by atoms with van der Waals surface area (Å²) in [5, 5.41) is 8.53. The SMILES string of the molecule is COCCNC(=O)C1CCCN(C(=O)c2cccc(C(=O)Nc3ccc(N4CCCCC4)cc3-c3cc(C(=O)NCc4cccc(C(F)(F)F)c4)ccn3)c2)C1. The summed E-state index contributed by atoms with van der Waals surface area (Å²) in [6, 6.07) is 20.0. The van der Waals surface area contributed by atoms with Gasteiger partial charge < -0.3 is 30.5 Å². The Kier molecular flexibility index (Phi) is 13.0. The van der Waals surface area contributed by atoms with Crippen molar-refractivity contribution in [1.29, 1.82) is 0 Å². The average Bonchev–Trinajstić information content (AvgIpc) is 3.23. The molecule has 4 amide bonds. The van der Waals surface area contributed by atoms with Crippen molar-refractivity contribution >= 4 is 35.0 Å². The minimum Gasteiger partial charge on any atom is -0.383 e. The number of methoxy groups -OCH3 is 1. The molecule has 2 fully saturated rings. The number of pyridine rings is 1. The molecule has 3 N–H and O–H groups in total. The Morgan fingerprint density at radius 1 is 0.821 bits per heavy atom. The molecule has 294 valence electrons. The maximum atomic E-state index is 13.8. The van der Waals surface area contributed by atoms with Gasteiger partial charge in [-0.15, -0.1) is 0 Å². The van der Waals surface area contributed by atoms with E-state index in [9.17, 15) is 32.3 Å². The first-order valence-electron chi connectivity index (χ1n) is 18.8. The number of hydrogen-bond donors (Lipinski definition) is 3. The van der Waals surface area contributed by atoms with E-state index in [-0.39, 0.29) is 41.9 Å². The molecular weight excluding hydrogens is 725 g/mol. The van der Waals surface area contributed by atoms with E-state index in [1.54, 1.807) is 42.3 Å². The van der Waals surface area contributed by atoms with Crippen LogP contribution in [0.2, 0.25) is 0 Å². The van der Waals surface area contributed by atoms with Crippen LogP contribution in [0.25, 0.3) is 11.3 Å². The highest BCUT2D eigenvalue weighted by molar-refractivity contribution is 6.08. The quantitative estimate of drug-likeness (QED) is 0.139. The van der Waals surface area contributed by atoms with Gasteiger partial charge in [0, 0.05) is 80.5 Å². The van der Waals surface area contributed by atoms with Gasteiger partial charge in [0.25, 0.3) is 17.7 Å². The molecule has 3 heterocycles. The summed E-state index contributed by atoms with van der Waals surface area (Å²) in [6.45, 7) is 3.19. The summed E-state index contributed by atoms with van der Waals surface area (Å²) < 4.78 is 44.7. The molecule has 14 heteroatoms. The number of ether oxygens (including phenoxy) is 1. The van der Waals surface area contributed by atoms with Crippen LogP contribution >= 0.6 is 0 Å². The number of amides is 4. The Morgan fingerprint density at radius 3 is 2.38 bits per heavy atom. The molecule has 6 rings (SSSR count). The van der Waals surface area contributed by atoms with Crippen LogP contribution < -0.4 is 20.9 Å². The predicted octanol–water partition coefficient (Wildman–Crippen LogP) is 6.55. The van der Waals surface area contributed by atoms with Crippen LogP contribution in [0.1, 0.15) is 74.3 Å². The van der Waals surface area contributed by atoms with Crippen molar-refractivity contribution in [1.82, 2.24) is 20.5 Å². The Balaban J connectivity index is 1.20. The number of carbonyl (C=O) groups excluding carboxylic acids is 4. The van der Waals surface area contributed by atoms with E-state index in [0.717, 1.165) is 50.2 Å². The molecule has 2 aliphatic heterocycles. The van der Waals surface area contributed by atoms with Gasteiger partial charge in [-0.25, -0.2) is 0 Å². The summed E-state index contributed by atoms with van der Waals surface area (Å²) >= 11 is 0. The van der Waals surface area contributed by atoms with Crippen LogP contribution in [0.4, 0.5) is 24.5 Å². The van der Waals surface area contributed by atoms with Crippen LogP contribution in [0.5, 0.6) is 0 Å². The minimum absolute atomic E-state index is 0.115. The standard InChI is InChI=1S/C42H45F3N6O5/c1-56-21-17-47-39(53)32-11-7-20-51(27-32)41(55)31-10-6-9-29(23-31)40(54)49-36-14-13-34(50-18-3-2-4-19-50)25-35(36)37-24-30(15-16-46-37)38(52)48-26-28-8-5-12-33(22-28)42(43,44)45/h5-6,8-10,12-16,22-25,32H,2-4,7,11,17-21,26-27H2,1H3,(H,47,53)(H,48,52)(H,49,54). The van der Waals surface area contributed by atoms with Crippen LogP contribution in [0.15, 0.2) is 85.1 Å². The number of anilines is 2. The van der Waals surface area contributed by atoms with Crippen molar-refractivity contribution in [3.05, 3.63) is 113 Å². The summed E-state index contributed by atoms with van der Waals surface area (Å²) in [7, 11) is 1.56. The average molecular weight is 771 g/mol. The van der Waals surface area contributed by atoms with Crippen molar-refractivity contribution < 1.29 is 37.1 Å². The molecule has 56 heavy (non-hydrogen) atoms. The number of hydrogen-bond acceptors (Lipinski definition) is 7. The second-order valence-corrected chi connectivity index (χ2v) is 14.0. The fraction of sp³-hybridized carbons (Fsp3) is 0.357. The van der Waals surface area contributed by atoms with Crippen LogP contribution in [-0.4, -0.2) is 80.0 Å². The Hall–Kier alpha value is -5.76. The van der Waals surface area contributed by atoms with Crippen LogP contribution in [0, 0.1) is 5.92 Å². The fourth-order valence-corrected chi connectivity index (χ4v) is 7.03. The van der Waals surface area contributed by atoms with Gasteiger partial charge >= 0.3 is 6.18 Å². The molecule has 1 aromatic heterocycles. The highest BCUT2D eigenvalue weighted by Gasteiger charge is 2.31. The molecular formula is C42H45F3N6O5. The number of aromatic nitrogens is 1. The number of nitrogens with one attached hydrogen (secondary N) is 3. The van der Waals surface area contributed by atoms with E-state index in [0.29, 0.717) is 60.6 Å². The lowest BCUT2D eigenvalue weighted by Gasteiger charge is -2.32. The topological polar surface area (TPSA) is 133 Å². The molecule has 1 unspecified atom stereocenters. The summed E-state index contributed by atoms with van der Waals surface area (Å²) in [6.07, 6.45) is 1.55. The number of piperidine rings is 2. The number of halogens is 3. The maximum absolute atomic E-state index is 13.8. The summed E-state index contributed by atoms with van der Waals surface area (Å²) in [5.41, 5.74) is 2.64. The van der Waals surface area contributed by atoms with Crippen LogP contribution in [-0.2, 0) is 22.3 Å². The molecule has 4 aromatic rings. The van der Waals surface area contributed by atoms with Gasteiger partial charge in [-0.05, 0) is 98.3 Å². The third kappa shape index (κ3) is 10.1. The zero-order chi connectivity index (χ0) is 39.7. The monoisotopic (exact) mass is 770 g/mol. The zero-order valence-electron chi connectivity index (χ0n) is 31.2. The van der Waals surface area contributed by atoms with Gasteiger partial charge in [-0.3, -0.25) is 24.2 Å². The first-order chi connectivity index (χ1) is 27.0. The molecule has 0 bridgehead atoms. The minimum atomic E-state index is -4.50. The lowest BCUT2D eigenvalue weighted by Crippen LogP contribution is -2.46. The number of rotatable bonds is 12. The van der Waals surface area contributed by atoms with Crippen LogP contribution in [0.3, 0.4) is 0 Å². The van der Waals surface area contributed by atoms with E-state index < -0.39 is 23.6 Å². The molecule has 0 spiro atoms. The Labute approximate surface area is 323 Å². The van der Waals surface area contributed by atoms with E-state index in [2.05, 4.69) is 25.8 Å². The molecule has 2 aliphatic rings. The molecule has 1 atom stereocenters. The van der Waals surface area contributed by atoms with Crippen molar-refractivity contribution in [2.45, 2.75) is 44.8 Å². The number of benzene rings is 3. The molecule has 11 nitrogen and oxygen atoms in total. The molecule has 0 saturated carbocycles. The van der Waals surface area contributed by atoms with Crippen molar-refractivity contribution in [3.8, 4) is 11.3 Å². The van der Waals surface area contributed by atoms with Gasteiger partial charge in [0.05, 0.1) is 29.5 Å². The van der Waals surface area contributed by atoms with Crippen molar-refractivity contribution in [2.75, 3.05) is 56.7 Å². The van der Waals surface area contributed by atoms with E-state index in [4.69, 9.17) is 4.74 Å². The first kappa shape index (κ1) is 39.9. The van der Waals surface area contributed by atoms with Gasteiger partial charge in [0.1, 0.15) is 0 Å². The lowest BCUT2D eigenvalue weighted by molar-refractivity contribution is -0.137. The number of likely N-dealkylation sites (tertiary alicyclic amines) is 1. The summed E-state index contributed by atoms with van der Waals surface area (Å²) in [4.78, 5) is 61.8. The second kappa shape index (κ2) is 18.2. The number of alkyl halides is 3. The Bertz CT molecular complexity index is 2050. The molecule has 2 saturated heterocycles. The normalized spacial score (nSPS) is 15.9. The second-order valence-electron chi connectivity index (χ2n) is 14.0. The zero-order valence-corrected chi connectivity index (χ0v) is 31.2. The van der Waals surface area contributed by atoms with Gasteiger partial charge in [0.15, 0.2) is 0 Å². The maximum Gasteiger partial charge on any atom is 0.416 e. The Morgan fingerprint density at radius 2 is 1.59 bits per heavy atom.